The summed E-state index contributed by atoms with van der Waals surface area (Å²) in [6, 6.07) is 11.5. The number of carbonyl (C=O) groups excluding carboxylic acids is 2. The smallest absolute Gasteiger partial charge is 0.354 e. The topological polar surface area (TPSA) is 81.9 Å². The van der Waals surface area contributed by atoms with Crippen LogP contribution in [0.3, 0.4) is 0 Å². The normalized spacial score (nSPS) is 11.3. The molecule has 0 amide bonds. The van der Waals surface area contributed by atoms with Crippen molar-refractivity contribution >= 4 is 23.3 Å². The van der Waals surface area contributed by atoms with Gasteiger partial charge in [-0.2, -0.15) is 0 Å². The molecular formula is C20H19N3O4. The van der Waals surface area contributed by atoms with Crippen molar-refractivity contribution in [1.29, 1.82) is 0 Å². The fourth-order valence-electron chi connectivity index (χ4n) is 2.57. The monoisotopic (exact) mass is 365 g/mol. The Balaban J connectivity index is 1.98. The number of methoxy groups -OCH3 is 2. The van der Waals surface area contributed by atoms with Gasteiger partial charge in [0.15, 0.2) is 0 Å². The van der Waals surface area contributed by atoms with Gasteiger partial charge < -0.3 is 19.2 Å². The number of hydrogen-bond donors (Lipinski definition) is 1. The molecule has 0 aliphatic heterocycles. The maximum atomic E-state index is 12.0. The quantitative estimate of drug-likeness (QED) is 0.553. The summed E-state index contributed by atoms with van der Waals surface area (Å²) in [4.78, 5) is 28.1. The summed E-state index contributed by atoms with van der Waals surface area (Å²) in [6.45, 7) is 1.89. The zero-order chi connectivity index (χ0) is 19.4. The largest absolute Gasteiger partial charge is 0.466 e. The fourth-order valence-corrected chi connectivity index (χ4v) is 2.57. The van der Waals surface area contributed by atoms with Crippen molar-refractivity contribution in [3.8, 4) is 11.3 Å². The van der Waals surface area contributed by atoms with Gasteiger partial charge in [-0.05, 0) is 30.7 Å². The Morgan fingerprint density at radius 3 is 2.67 bits per heavy atom. The number of fused-ring (bicyclic) bond motifs is 1. The van der Waals surface area contributed by atoms with E-state index in [4.69, 9.17) is 4.74 Å². The number of imidazole rings is 1. The first kappa shape index (κ1) is 18.2. The Hall–Kier alpha value is -3.61. The summed E-state index contributed by atoms with van der Waals surface area (Å²) in [5.74, 6) is -1.32. The third-order valence-corrected chi connectivity index (χ3v) is 4.04. The Labute approximate surface area is 156 Å². The van der Waals surface area contributed by atoms with Crippen molar-refractivity contribution in [2.75, 3.05) is 19.5 Å². The lowest BCUT2D eigenvalue weighted by Crippen LogP contribution is -2.16. The molecule has 0 atom stereocenters. The molecule has 1 N–H and O–H groups in total. The average Bonchev–Trinajstić information content (AvgIpc) is 3.12. The minimum Gasteiger partial charge on any atom is -0.466 e. The van der Waals surface area contributed by atoms with E-state index in [-0.39, 0.29) is 5.70 Å². The second-order valence-electron chi connectivity index (χ2n) is 5.82. The molecular weight excluding hydrogens is 346 g/mol. The first-order valence-electron chi connectivity index (χ1n) is 8.21. The highest BCUT2D eigenvalue weighted by Gasteiger charge is 2.15. The van der Waals surface area contributed by atoms with Crippen molar-refractivity contribution in [3.05, 3.63) is 66.1 Å². The van der Waals surface area contributed by atoms with Gasteiger partial charge in [0.05, 0.1) is 26.0 Å². The molecule has 0 radical (unpaired) electrons. The van der Waals surface area contributed by atoms with Gasteiger partial charge in [-0.3, -0.25) is 0 Å². The van der Waals surface area contributed by atoms with Crippen LogP contribution < -0.4 is 5.32 Å². The standard InChI is InChI=1S/C20H19N3O4/c1-13-7-8-14(17-12-23-9-5-4-6-18(23)22-17)10-15(13)21-16(20(25)27-3)11-19(24)26-2/h4-12,21H,1-3H3/b16-11+. The maximum Gasteiger partial charge on any atom is 0.354 e. The van der Waals surface area contributed by atoms with Crippen LogP contribution in [0.2, 0.25) is 0 Å². The predicted molar refractivity (Wildman–Crippen MR) is 101 cm³/mol. The van der Waals surface area contributed by atoms with E-state index in [9.17, 15) is 9.59 Å². The van der Waals surface area contributed by atoms with Crippen LogP contribution in [0, 0.1) is 6.92 Å². The molecule has 0 unspecified atom stereocenters. The first-order valence-corrected chi connectivity index (χ1v) is 8.21. The molecule has 2 aromatic heterocycles. The van der Waals surface area contributed by atoms with Crippen LogP contribution >= 0.6 is 0 Å². The SMILES string of the molecule is COC(=O)/C=C(/Nc1cc(-c2cn3ccccc3n2)ccc1C)C(=O)OC. The van der Waals surface area contributed by atoms with E-state index in [2.05, 4.69) is 15.0 Å². The van der Waals surface area contributed by atoms with Gasteiger partial charge in [-0.15, -0.1) is 0 Å². The van der Waals surface area contributed by atoms with Gasteiger partial charge in [0, 0.05) is 23.6 Å². The van der Waals surface area contributed by atoms with E-state index in [1.54, 1.807) is 0 Å². The number of nitrogens with one attached hydrogen (secondary N) is 1. The van der Waals surface area contributed by atoms with Crippen LogP contribution in [-0.4, -0.2) is 35.5 Å². The minimum absolute atomic E-state index is 0.0143. The number of aromatic nitrogens is 2. The third kappa shape index (κ3) is 3.98. The molecule has 0 spiro atoms. The molecule has 2 heterocycles. The number of hydrogen-bond acceptors (Lipinski definition) is 6. The van der Waals surface area contributed by atoms with Gasteiger partial charge in [-0.1, -0.05) is 18.2 Å². The molecule has 0 aliphatic carbocycles. The van der Waals surface area contributed by atoms with Crippen molar-refractivity contribution in [1.82, 2.24) is 9.38 Å². The summed E-state index contributed by atoms with van der Waals surface area (Å²) in [5.41, 5.74) is 4.03. The Kier molecular flexibility index (Phi) is 5.21. The van der Waals surface area contributed by atoms with Crippen LogP contribution in [0.4, 0.5) is 5.69 Å². The molecule has 0 bridgehead atoms. The summed E-state index contributed by atoms with van der Waals surface area (Å²) in [6.07, 6.45) is 4.91. The Morgan fingerprint density at radius 1 is 1.15 bits per heavy atom. The molecule has 7 heteroatoms. The number of esters is 2. The van der Waals surface area contributed by atoms with Crippen LogP contribution in [0.15, 0.2) is 60.6 Å². The van der Waals surface area contributed by atoms with Crippen molar-refractivity contribution < 1.29 is 19.1 Å². The highest BCUT2D eigenvalue weighted by Crippen LogP contribution is 2.26. The number of nitrogens with zero attached hydrogens (tertiary/aromatic N) is 2. The Bertz CT molecular complexity index is 1000. The van der Waals surface area contributed by atoms with E-state index in [1.807, 2.05) is 60.1 Å². The fraction of sp³-hybridized carbons (Fsp3) is 0.150. The lowest BCUT2D eigenvalue weighted by Gasteiger charge is -2.12. The van der Waals surface area contributed by atoms with Gasteiger partial charge in [0.2, 0.25) is 0 Å². The first-order chi connectivity index (χ1) is 13.0. The van der Waals surface area contributed by atoms with Gasteiger partial charge in [0.1, 0.15) is 11.3 Å². The molecule has 3 aromatic rings. The predicted octanol–water partition coefficient (Wildman–Crippen LogP) is 2.95. The van der Waals surface area contributed by atoms with Gasteiger partial charge in [0.25, 0.3) is 0 Å². The molecule has 7 nitrogen and oxygen atoms in total. The molecule has 27 heavy (non-hydrogen) atoms. The second kappa shape index (κ2) is 7.74. The van der Waals surface area contributed by atoms with E-state index >= 15 is 0 Å². The highest BCUT2D eigenvalue weighted by atomic mass is 16.5. The zero-order valence-electron chi connectivity index (χ0n) is 15.2. The summed E-state index contributed by atoms with van der Waals surface area (Å²) >= 11 is 0. The summed E-state index contributed by atoms with van der Waals surface area (Å²) in [5, 5.41) is 2.96. The highest BCUT2D eigenvalue weighted by molar-refractivity contribution is 5.99. The van der Waals surface area contributed by atoms with E-state index in [0.29, 0.717) is 5.69 Å². The number of ether oxygens (including phenoxy) is 2. The molecule has 0 saturated heterocycles. The number of benzene rings is 1. The van der Waals surface area contributed by atoms with Crippen LogP contribution in [-0.2, 0) is 19.1 Å². The van der Waals surface area contributed by atoms with E-state index in [0.717, 1.165) is 28.5 Å². The molecule has 1 aromatic carbocycles. The van der Waals surface area contributed by atoms with Crippen molar-refractivity contribution in [2.24, 2.45) is 0 Å². The average molecular weight is 365 g/mol. The molecule has 138 valence electrons. The van der Waals surface area contributed by atoms with Crippen LogP contribution in [0.25, 0.3) is 16.9 Å². The Morgan fingerprint density at radius 2 is 1.96 bits per heavy atom. The molecule has 0 saturated carbocycles. The van der Waals surface area contributed by atoms with E-state index < -0.39 is 11.9 Å². The summed E-state index contributed by atoms with van der Waals surface area (Å²) in [7, 11) is 2.48. The van der Waals surface area contributed by atoms with Crippen molar-refractivity contribution in [2.45, 2.75) is 6.92 Å². The minimum atomic E-state index is -0.669. The summed E-state index contributed by atoms with van der Waals surface area (Å²) < 4.78 is 11.3. The van der Waals surface area contributed by atoms with E-state index in [1.165, 1.54) is 14.2 Å². The lowest BCUT2D eigenvalue weighted by molar-refractivity contribution is -0.138. The number of pyridine rings is 1. The molecule has 0 fully saturated rings. The number of aryl methyl sites for hydroxylation is 1. The molecule has 0 aliphatic rings. The van der Waals surface area contributed by atoms with Gasteiger partial charge >= 0.3 is 11.9 Å². The van der Waals surface area contributed by atoms with Crippen molar-refractivity contribution in [3.63, 3.8) is 0 Å². The lowest BCUT2D eigenvalue weighted by atomic mass is 10.1. The van der Waals surface area contributed by atoms with Gasteiger partial charge in [-0.25, -0.2) is 14.6 Å². The maximum absolute atomic E-state index is 12.0. The number of rotatable bonds is 5. The van der Waals surface area contributed by atoms with Crippen LogP contribution in [0.1, 0.15) is 5.56 Å². The third-order valence-electron chi connectivity index (χ3n) is 4.04. The number of anilines is 1. The number of carbonyl (C=O) groups is 2. The molecule has 3 rings (SSSR count). The second-order valence-corrected chi connectivity index (χ2v) is 5.82. The zero-order valence-corrected chi connectivity index (χ0v) is 15.2. The van der Waals surface area contributed by atoms with Crippen LogP contribution in [0.5, 0.6) is 0 Å².